The van der Waals surface area contributed by atoms with Crippen LogP contribution in [-0.4, -0.2) is 19.7 Å². The van der Waals surface area contributed by atoms with Gasteiger partial charge in [0.1, 0.15) is 6.61 Å². The molecule has 122 valence electrons. The van der Waals surface area contributed by atoms with E-state index in [4.69, 9.17) is 21.1 Å². The van der Waals surface area contributed by atoms with Crippen molar-refractivity contribution in [2.75, 3.05) is 13.7 Å². The van der Waals surface area contributed by atoms with Crippen LogP contribution in [0.4, 0.5) is 0 Å². The molecule has 3 nitrogen and oxygen atoms in total. The summed E-state index contributed by atoms with van der Waals surface area (Å²) in [5, 5.41) is 0.677. The summed E-state index contributed by atoms with van der Waals surface area (Å²) in [6.45, 7) is 0.336. The number of esters is 1. The number of allylic oxidation sites excluding steroid dienone is 1. The smallest absolute Gasteiger partial charge is 0.373 e. The van der Waals surface area contributed by atoms with E-state index in [1.165, 1.54) is 7.11 Å². The van der Waals surface area contributed by atoms with Crippen LogP contribution in [0.5, 0.6) is 0 Å². The molecule has 0 saturated carbocycles. The predicted molar refractivity (Wildman–Crippen MR) is 94.7 cm³/mol. The summed E-state index contributed by atoms with van der Waals surface area (Å²) in [7, 11) is 1.35. The standard InChI is InChI=1S/C20H17ClO3/c1-23-20(22)19-12-18(15-7-9-17(21)10-8-15)16(13-24-19)11-14-5-3-2-4-6-14/h2-12,18H,13H2,1H3/t18-/m0/s1. The molecule has 0 saturated heterocycles. The summed E-state index contributed by atoms with van der Waals surface area (Å²) in [5.74, 6) is -0.291. The van der Waals surface area contributed by atoms with Gasteiger partial charge < -0.3 is 9.47 Å². The summed E-state index contributed by atoms with van der Waals surface area (Å²) >= 11 is 5.99. The molecule has 0 fully saturated rings. The molecule has 1 aliphatic heterocycles. The lowest BCUT2D eigenvalue weighted by atomic mass is 9.88. The zero-order chi connectivity index (χ0) is 16.9. The van der Waals surface area contributed by atoms with Gasteiger partial charge in [0.15, 0.2) is 0 Å². The Labute approximate surface area is 146 Å². The second-order valence-corrected chi connectivity index (χ2v) is 5.91. The third-order valence-corrected chi connectivity index (χ3v) is 4.13. The van der Waals surface area contributed by atoms with Gasteiger partial charge in [-0.3, -0.25) is 0 Å². The monoisotopic (exact) mass is 340 g/mol. The van der Waals surface area contributed by atoms with E-state index in [0.717, 1.165) is 16.7 Å². The maximum atomic E-state index is 11.8. The number of carbonyl (C=O) groups excluding carboxylic acids is 1. The third-order valence-electron chi connectivity index (χ3n) is 3.88. The lowest BCUT2D eigenvalue weighted by Gasteiger charge is -2.25. The minimum Gasteiger partial charge on any atom is -0.482 e. The van der Waals surface area contributed by atoms with Crippen LogP contribution in [0.2, 0.25) is 5.02 Å². The van der Waals surface area contributed by atoms with E-state index >= 15 is 0 Å². The molecule has 1 heterocycles. The first-order valence-corrected chi connectivity index (χ1v) is 7.99. The van der Waals surface area contributed by atoms with Gasteiger partial charge in [0, 0.05) is 10.9 Å². The number of halogens is 1. The molecule has 0 aromatic heterocycles. The number of ether oxygens (including phenoxy) is 2. The molecule has 4 heteroatoms. The molecule has 3 rings (SSSR count). The molecule has 1 aliphatic rings. The average molecular weight is 341 g/mol. The van der Waals surface area contributed by atoms with Gasteiger partial charge >= 0.3 is 5.97 Å². The number of hydrogen-bond acceptors (Lipinski definition) is 3. The Balaban J connectivity index is 2.02. The first kappa shape index (κ1) is 16.3. The quantitative estimate of drug-likeness (QED) is 0.766. The van der Waals surface area contributed by atoms with Gasteiger partial charge in [-0.05, 0) is 34.9 Å². The maximum Gasteiger partial charge on any atom is 0.373 e. The Bertz CT molecular complexity index is 776. The van der Waals surface area contributed by atoms with E-state index in [9.17, 15) is 4.79 Å². The topological polar surface area (TPSA) is 35.5 Å². The van der Waals surface area contributed by atoms with Crippen molar-refractivity contribution in [1.82, 2.24) is 0 Å². The van der Waals surface area contributed by atoms with Crippen molar-refractivity contribution >= 4 is 23.6 Å². The lowest BCUT2D eigenvalue weighted by molar-refractivity contribution is -0.140. The molecular weight excluding hydrogens is 324 g/mol. The van der Waals surface area contributed by atoms with Gasteiger partial charge in [-0.2, -0.15) is 0 Å². The van der Waals surface area contributed by atoms with Crippen LogP contribution in [-0.2, 0) is 14.3 Å². The Kier molecular flexibility index (Phi) is 5.02. The predicted octanol–water partition coefficient (Wildman–Crippen LogP) is 4.59. The van der Waals surface area contributed by atoms with E-state index < -0.39 is 5.97 Å². The van der Waals surface area contributed by atoms with Crippen molar-refractivity contribution in [2.45, 2.75) is 5.92 Å². The van der Waals surface area contributed by atoms with E-state index in [1.807, 2.05) is 54.6 Å². The SMILES string of the molecule is COC(=O)C1=C[C@@H](c2ccc(Cl)cc2)C(=Cc2ccccc2)CO1. The highest BCUT2D eigenvalue weighted by Crippen LogP contribution is 2.34. The van der Waals surface area contributed by atoms with Crippen molar-refractivity contribution in [2.24, 2.45) is 0 Å². The molecule has 0 amide bonds. The summed E-state index contributed by atoms with van der Waals surface area (Å²) in [4.78, 5) is 11.8. The van der Waals surface area contributed by atoms with Crippen LogP contribution in [0.1, 0.15) is 17.0 Å². The first-order valence-electron chi connectivity index (χ1n) is 7.61. The molecule has 0 N–H and O–H groups in total. The molecule has 0 unspecified atom stereocenters. The van der Waals surface area contributed by atoms with Gasteiger partial charge in [0.2, 0.25) is 5.76 Å². The Hall–Kier alpha value is -2.52. The fraction of sp³-hybridized carbons (Fsp3) is 0.150. The number of benzene rings is 2. The minimum atomic E-state index is -0.465. The van der Waals surface area contributed by atoms with E-state index in [-0.39, 0.29) is 11.7 Å². The number of rotatable bonds is 3. The van der Waals surface area contributed by atoms with E-state index in [0.29, 0.717) is 11.6 Å². The summed E-state index contributed by atoms with van der Waals surface area (Å²) < 4.78 is 10.4. The van der Waals surface area contributed by atoms with Gasteiger partial charge in [0.25, 0.3) is 0 Å². The van der Waals surface area contributed by atoms with Crippen molar-refractivity contribution < 1.29 is 14.3 Å². The fourth-order valence-corrected chi connectivity index (χ4v) is 2.79. The summed E-state index contributed by atoms with van der Waals surface area (Å²) in [6, 6.07) is 17.6. The van der Waals surface area contributed by atoms with Crippen LogP contribution < -0.4 is 0 Å². The Morgan fingerprint density at radius 1 is 1.17 bits per heavy atom. The largest absolute Gasteiger partial charge is 0.482 e. The average Bonchev–Trinajstić information content (AvgIpc) is 2.63. The maximum absolute atomic E-state index is 11.8. The molecule has 24 heavy (non-hydrogen) atoms. The van der Waals surface area contributed by atoms with Crippen LogP contribution in [0.25, 0.3) is 6.08 Å². The zero-order valence-corrected chi connectivity index (χ0v) is 14.0. The molecule has 0 spiro atoms. The van der Waals surface area contributed by atoms with E-state index in [2.05, 4.69) is 6.08 Å². The number of methoxy groups -OCH3 is 1. The number of carbonyl (C=O) groups is 1. The lowest BCUT2D eigenvalue weighted by Crippen LogP contribution is -2.19. The highest BCUT2D eigenvalue weighted by molar-refractivity contribution is 6.30. The molecule has 2 aromatic carbocycles. The van der Waals surface area contributed by atoms with Gasteiger partial charge in [-0.25, -0.2) is 4.79 Å². The Morgan fingerprint density at radius 2 is 1.88 bits per heavy atom. The fourth-order valence-electron chi connectivity index (χ4n) is 2.66. The van der Waals surface area contributed by atoms with Crippen LogP contribution >= 0.6 is 11.6 Å². The molecule has 0 radical (unpaired) electrons. The van der Waals surface area contributed by atoms with Crippen molar-refractivity contribution in [3.05, 3.63) is 88.2 Å². The second kappa shape index (κ2) is 7.37. The van der Waals surface area contributed by atoms with Gasteiger partial charge in [0.05, 0.1) is 7.11 Å². The molecule has 0 aliphatic carbocycles. The summed E-state index contributed by atoms with van der Waals surface area (Å²) in [5.41, 5.74) is 3.20. The summed E-state index contributed by atoms with van der Waals surface area (Å²) in [6.07, 6.45) is 3.89. The van der Waals surface area contributed by atoms with Crippen molar-refractivity contribution in [1.29, 1.82) is 0 Å². The minimum absolute atomic E-state index is 0.0645. The Morgan fingerprint density at radius 3 is 2.54 bits per heavy atom. The zero-order valence-electron chi connectivity index (χ0n) is 13.2. The van der Waals surface area contributed by atoms with E-state index in [1.54, 1.807) is 6.08 Å². The molecule has 2 aromatic rings. The molecule has 0 bridgehead atoms. The normalized spacial score (nSPS) is 18.7. The van der Waals surface area contributed by atoms with Crippen LogP contribution in [0.15, 0.2) is 72.0 Å². The molecular formula is C20H17ClO3. The second-order valence-electron chi connectivity index (χ2n) is 5.47. The highest BCUT2D eigenvalue weighted by atomic mass is 35.5. The highest BCUT2D eigenvalue weighted by Gasteiger charge is 2.25. The van der Waals surface area contributed by atoms with Crippen LogP contribution in [0.3, 0.4) is 0 Å². The first-order chi connectivity index (χ1) is 11.7. The molecule has 1 atom stereocenters. The van der Waals surface area contributed by atoms with Crippen molar-refractivity contribution in [3.63, 3.8) is 0 Å². The van der Waals surface area contributed by atoms with Crippen molar-refractivity contribution in [3.8, 4) is 0 Å². The van der Waals surface area contributed by atoms with Gasteiger partial charge in [-0.15, -0.1) is 0 Å². The number of hydrogen-bond donors (Lipinski definition) is 0. The van der Waals surface area contributed by atoms with Gasteiger partial charge in [-0.1, -0.05) is 60.1 Å². The van der Waals surface area contributed by atoms with Crippen LogP contribution in [0, 0.1) is 0 Å². The third kappa shape index (κ3) is 3.69.